The largest absolute Gasteiger partial charge is 0.435 e. The number of halogens is 6. The van der Waals surface area contributed by atoms with E-state index in [4.69, 9.17) is 17.3 Å². The minimum absolute atomic E-state index is 0. The highest BCUT2D eigenvalue weighted by Crippen LogP contribution is 2.35. The summed E-state index contributed by atoms with van der Waals surface area (Å²) in [5.41, 5.74) is 4.41. The molecule has 0 aliphatic rings. The summed E-state index contributed by atoms with van der Waals surface area (Å²) in [6.07, 6.45) is -3.92. The van der Waals surface area contributed by atoms with Gasteiger partial charge in [-0.15, -0.1) is 12.4 Å². The topological polar surface area (TPSA) is 81.2 Å². The van der Waals surface area contributed by atoms with Crippen molar-refractivity contribution in [3.05, 3.63) is 57.6 Å². The molecule has 174 valence electrons. The van der Waals surface area contributed by atoms with Gasteiger partial charge in [0.05, 0.1) is 11.6 Å². The minimum Gasteiger partial charge on any atom is -0.327 e. The molecule has 0 spiro atoms. The molecular formula is C18H22Cl2F4N4O2S. The van der Waals surface area contributed by atoms with E-state index in [9.17, 15) is 26.0 Å². The highest BCUT2D eigenvalue weighted by Gasteiger charge is 2.38. The molecule has 2 N–H and O–H groups in total. The SMILES string of the molecule is Cc1c(Cc2ccc(S(=O)(=O)N(C)C)c(Cl)c2)c(C(F)(F)F)nn1CC(F)=CCN.Cl. The van der Waals surface area contributed by atoms with Crippen molar-refractivity contribution in [1.29, 1.82) is 0 Å². The van der Waals surface area contributed by atoms with Gasteiger partial charge in [-0.3, -0.25) is 4.68 Å². The number of nitrogens with zero attached hydrogens (tertiary/aromatic N) is 3. The van der Waals surface area contributed by atoms with Gasteiger partial charge in [0.15, 0.2) is 5.69 Å². The van der Waals surface area contributed by atoms with Gasteiger partial charge >= 0.3 is 6.18 Å². The molecule has 0 fully saturated rings. The van der Waals surface area contributed by atoms with Gasteiger partial charge in [-0.2, -0.15) is 18.3 Å². The lowest BCUT2D eigenvalue weighted by molar-refractivity contribution is -0.142. The lowest BCUT2D eigenvalue weighted by Gasteiger charge is -2.14. The van der Waals surface area contributed by atoms with Crippen LogP contribution in [0.1, 0.15) is 22.5 Å². The van der Waals surface area contributed by atoms with Crippen molar-refractivity contribution in [2.45, 2.75) is 31.0 Å². The van der Waals surface area contributed by atoms with Gasteiger partial charge in [0.1, 0.15) is 10.7 Å². The molecule has 0 aliphatic carbocycles. The van der Waals surface area contributed by atoms with E-state index in [1.165, 1.54) is 39.2 Å². The average molecular weight is 505 g/mol. The third-order valence-electron chi connectivity index (χ3n) is 4.37. The van der Waals surface area contributed by atoms with Crippen LogP contribution < -0.4 is 5.73 Å². The highest BCUT2D eigenvalue weighted by molar-refractivity contribution is 7.89. The molecule has 2 aromatic rings. The summed E-state index contributed by atoms with van der Waals surface area (Å²) in [4.78, 5) is -0.157. The second-order valence-corrected chi connectivity index (χ2v) is 9.21. The molecule has 31 heavy (non-hydrogen) atoms. The van der Waals surface area contributed by atoms with Crippen molar-refractivity contribution in [1.82, 2.24) is 14.1 Å². The first-order valence-corrected chi connectivity index (χ1v) is 10.5. The maximum atomic E-state index is 13.8. The number of allylic oxidation sites excluding steroid dienone is 1. The van der Waals surface area contributed by atoms with Gasteiger partial charge in [-0.1, -0.05) is 17.7 Å². The minimum atomic E-state index is -4.75. The summed E-state index contributed by atoms with van der Waals surface area (Å²) in [7, 11) is -1.13. The maximum absolute atomic E-state index is 13.8. The van der Waals surface area contributed by atoms with Crippen LogP contribution in [-0.2, 0) is 29.2 Å². The molecule has 0 saturated carbocycles. The Hall–Kier alpha value is -1.66. The van der Waals surface area contributed by atoms with E-state index < -0.39 is 34.3 Å². The fourth-order valence-corrected chi connectivity index (χ4v) is 4.21. The second-order valence-electron chi connectivity index (χ2n) is 6.68. The predicted octanol–water partition coefficient (Wildman–Crippen LogP) is 3.94. The first-order valence-electron chi connectivity index (χ1n) is 8.68. The molecule has 1 aromatic carbocycles. The number of rotatable bonds is 7. The van der Waals surface area contributed by atoms with Gasteiger partial charge in [0.25, 0.3) is 0 Å². The molecule has 0 unspecified atom stereocenters. The molecule has 1 heterocycles. The molecule has 0 bridgehead atoms. The zero-order valence-corrected chi connectivity index (χ0v) is 19.3. The van der Waals surface area contributed by atoms with Crippen LogP contribution in [0.15, 0.2) is 35.0 Å². The summed E-state index contributed by atoms with van der Waals surface area (Å²) in [5, 5.41) is 3.42. The van der Waals surface area contributed by atoms with E-state index in [0.29, 0.717) is 5.56 Å². The summed E-state index contributed by atoms with van der Waals surface area (Å²) in [6.45, 7) is 0.832. The number of alkyl halides is 3. The molecule has 0 amide bonds. The average Bonchev–Trinajstić information content (AvgIpc) is 2.91. The van der Waals surface area contributed by atoms with E-state index in [2.05, 4.69) is 5.10 Å². The number of aromatic nitrogens is 2. The van der Waals surface area contributed by atoms with Crippen LogP contribution in [0.5, 0.6) is 0 Å². The third kappa shape index (κ3) is 6.19. The Balaban J connectivity index is 0.00000480. The van der Waals surface area contributed by atoms with Gasteiger partial charge < -0.3 is 5.73 Å². The summed E-state index contributed by atoms with van der Waals surface area (Å²) in [5.74, 6) is -0.704. The van der Waals surface area contributed by atoms with Crippen molar-refractivity contribution in [2.75, 3.05) is 20.6 Å². The third-order valence-corrected chi connectivity index (χ3v) is 6.67. The second kappa shape index (κ2) is 10.3. The monoisotopic (exact) mass is 504 g/mol. The van der Waals surface area contributed by atoms with Crippen molar-refractivity contribution in [3.63, 3.8) is 0 Å². The predicted molar refractivity (Wildman–Crippen MR) is 113 cm³/mol. The zero-order valence-electron chi connectivity index (χ0n) is 16.9. The van der Waals surface area contributed by atoms with E-state index in [1.807, 2.05) is 0 Å². The van der Waals surface area contributed by atoms with Crippen molar-refractivity contribution in [2.24, 2.45) is 5.73 Å². The summed E-state index contributed by atoms with van der Waals surface area (Å²) < 4.78 is 80.7. The number of nitrogens with two attached hydrogens (primary N) is 1. The molecular weight excluding hydrogens is 483 g/mol. The Morgan fingerprint density at radius 2 is 1.94 bits per heavy atom. The molecule has 6 nitrogen and oxygen atoms in total. The molecule has 0 saturated heterocycles. The van der Waals surface area contributed by atoms with Crippen LogP contribution in [0, 0.1) is 6.92 Å². The van der Waals surface area contributed by atoms with Crippen LogP contribution in [0.3, 0.4) is 0 Å². The maximum Gasteiger partial charge on any atom is 0.435 e. The molecule has 0 atom stereocenters. The van der Waals surface area contributed by atoms with Gasteiger partial charge in [0.2, 0.25) is 10.0 Å². The van der Waals surface area contributed by atoms with Gasteiger partial charge in [-0.05, 0) is 30.7 Å². The Morgan fingerprint density at radius 3 is 2.42 bits per heavy atom. The van der Waals surface area contributed by atoms with Crippen LogP contribution in [-0.4, -0.2) is 43.1 Å². The normalized spacial score (nSPS) is 12.9. The molecule has 13 heteroatoms. The zero-order chi connectivity index (χ0) is 22.9. The molecule has 1 aromatic heterocycles. The Labute approximate surface area is 189 Å². The fraction of sp³-hybridized carbons (Fsp3) is 0.389. The lowest BCUT2D eigenvalue weighted by Crippen LogP contribution is -2.22. The Bertz CT molecular complexity index is 1070. The van der Waals surface area contributed by atoms with E-state index in [1.54, 1.807) is 0 Å². The van der Waals surface area contributed by atoms with Crippen LogP contribution in [0.4, 0.5) is 17.6 Å². The molecule has 0 radical (unpaired) electrons. The van der Waals surface area contributed by atoms with Gasteiger partial charge in [0, 0.05) is 38.3 Å². The quantitative estimate of drug-likeness (QED) is 0.579. The summed E-state index contributed by atoms with van der Waals surface area (Å²) >= 11 is 6.08. The van der Waals surface area contributed by atoms with Crippen LogP contribution in [0.25, 0.3) is 0 Å². The van der Waals surface area contributed by atoms with E-state index in [-0.39, 0.29) is 46.5 Å². The van der Waals surface area contributed by atoms with E-state index in [0.717, 1.165) is 15.1 Å². The van der Waals surface area contributed by atoms with Crippen molar-refractivity contribution < 1.29 is 26.0 Å². The fourth-order valence-electron chi connectivity index (χ4n) is 2.78. The Morgan fingerprint density at radius 1 is 1.32 bits per heavy atom. The molecule has 0 aliphatic heterocycles. The van der Waals surface area contributed by atoms with Crippen LogP contribution in [0.2, 0.25) is 5.02 Å². The first kappa shape index (κ1) is 27.4. The molecule has 2 rings (SSSR count). The number of sulfonamides is 1. The van der Waals surface area contributed by atoms with Crippen LogP contribution >= 0.6 is 24.0 Å². The van der Waals surface area contributed by atoms with Crippen molar-refractivity contribution >= 4 is 34.0 Å². The standard InChI is InChI=1S/C18H21ClF4N4O2S.ClH/c1-11-14(17(18(21,22)23)25-27(11)10-13(20)6-7-24)8-12-4-5-16(15(19)9-12)30(28,29)26(2)3;/h4-6,9H,7-8,10,24H2,1-3H3;1H. The lowest BCUT2D eigenvalue weighted by atomic mass is 10.0. The van der Waals surface area contributed by atoms with Crippen molar-refractivity contribution in [3.8, 4) is 0 Å². The summed E-state index contributed by atoms with van der Waals surface area (Å²) in [6, 6.07) is 3.92. The highest BCUT2D eigenvalue weighted by atomic mass is 35.5. The number of benzene rings is 1. The first-order chi connectivity index (χ1) is 13.8. The number of hydrogen-bond donors (Lipinski definition) is 1. The smallest absolute Gasteiger partial charge is 0.327 e. The number of hydrogen-bond acceptors (Lipinski definition) is 4. The van der Waals surface area contributed by atoms with Gasteiger partial charge in [-0.25, -0.2) is 17.1 Å². The van der Waals surface area contributed by atoms with E-state index >= 15 is 0 Å². The Kier molecular flexibility index (Phi) is 9.10.